The quantitative estimate of drug-likeness (QED) is 0.349. The second kappa shape index (κ2) is 7.67. The smallest absolute Gasteiger partial charge is 0.283 e. The minimum Gasteiger partial charge on any atom is -0.456 e. The van der Waals surface area contributed by atoms with Gasteiger partial charge in [0.25, 0.3) is 11.6 Å². The largest absolute Gasteiger partial charge is 0.456 e. The van der Waals surface area contributed by atoms with Gasteiger partial charge < -0.3 is 4.42 Å². The number of carbonyl (C=O) groups is 1. The first-order chi connectivity index (χ1) is 14.0. The highest BCUT2D eigenvalue weighted by molar-refractivity contribution is 6.35. The van der Waals surface area contributed by atoms with Crippen LogP contribution in [0.3, 0.4) is 0 Å². The molecule has 0 radical (unpaired) electrons. The molecule has 8 nitrogen and oxygen atoms in total. The molecule has 2 heterocycles. The van der Waals surface area contributed by atoms with Crippen molar-refractivity contribution in [2.75, 3.05) is 0 Å². The standard InChI is InChI=1S/C19H11Cl2N3O5/c20-12-7-22-8-13(21)11(12)9-28-23-19(25)18-14(24(26)27)5-6-16-17(18)10-3-1-2-4-15(10)29-16/h1-8H,9H2,(H,23,25). The summed E-state index contributed by atoms with van der Waals surface area (Å²) in [7, 11) is 0. The molecular formula is C19H11Cl2N3O5. The molecule has 10 heteroatoms. The molecule has 2 aromatic carbocycles. The molecular weight excluding hydrogens is 421 g/mol. The fourth-order valence-electron chi connectivity index (χ4n) is 2.99. The number of halogens is 2. The van der Waals surface area contributed by atoms with Crippen LogP contribution in [-0.2, 0) is 11.4 Å². The number of rotatable bonds is 5. The predicted octanol–water partition coefficient (Wildman–Crippen LogP) is 5.06. The Bertz CT molecular complexity index is 1250. The van der Waals surface area contributed by atoms with Crippen LogP contribution in [0.25, 0.3) is 21.9 Å². The maximum atomic E-state index is 12.8. The molecule has 0 aliphatic heterocycles. The summed E-state index contributed by atoms with van der Waals surface area (Å²) in [5.41, 5.74) is 2.97. The van der Waals surface area contributed by atoms with Gasteiger partial charge in [-0.1, -0.05) is 41.4 Å². The van der Waals surface area contributed by atoms with E-state index in [2.05, 4.69) is 10.5 Å². The van der Waals surface area contributed by atoms with E-state index < -0.39 is 10.8 Å². The van der Waals surface area contributed by atoms with Crippen LogP contribution >= 0.6 is 23.2 Å². The number of hydrogen-bond donors (Lipinski definition) is 1. The Kier molecular flexibility index (Phi) is 5.06. The summed E-state index contributed by atoms with van der Waals surface area (Å²) in [5.74, 6) is -0.796. The van der Waals surface area contributed by atoms with Crippen LogP contribution in [0.2, 0.25) is 10.0 Å². The van der Waals surface area contributed by atoms with Crippen LogP contribution in [0.1, 0.15) is 15.9 Å². The normalized spacial score (nSPS) is 11.1. The van der Waals surface area contributed by atoms with Gasteiger partial charge in [-0.2, -0.15) is 0 Å². The topological polar surface area (TPSA) is 108 Å². The number of nitrogens with one attached hydrogen (secondary N) is 1. The number of para-hydroxylation sites is 1. The van der Waals surface area contributed by atoms with E-state index >= 15 is 0 Å². The van der Waals surface area contributed by atoms with Crippen molar-refractivity contribution in [2.45, 2.75) is 6.61 Å². The zero-order valence-electron chi connectivity index (χ0n) is 14.5. The minimum absolute atomic E-state index is 0.151. The maximum Gasteiger partial charge on any atom is 0.283 e. The molecule has 0 spiro atoms. The average Bonchev–Trinajstić information content (AvgIpc) is 3.08. The van der Waals surface area contributed by atoms with Crippen molar-refractivity contribution in [2.24, 2.45) is 0 Å². The Morgan fingerprint density at radius 3 is 2.59 bits per heavy atom. The van der Waals surface area contributed by atoms with Crippen LogP contribution in [0.5, 0.6) is 0 Å². The lowest BCUT2D eigenvalue weighted by Crippen LogP contribution is -2.24. The van der Waals surface area contributed by atoms with Crippen molar-refractivity contribution in [3.05, 3.63) is 80.1 Å². The highest BCUT2D eigenvalue weighted by atomic mass is 35.5. The molecule has 2 aromatic heterocycles. The summed E-state index contributed by atoms with van der Waals surface area (Å²) in [4.78, 5) is 32.8. The second-order valence-corrected chi connectivity index (χ2v) is 6.80. The van der Waals surface area contributed by atoms with Gasteiger partial charge in [-0.25, -0.2) is 5.48 Å². The third-order valence-corrected chi connectivity index (χ3v) is 4.93. The second-order valence-electron chi connectivity index (χ2n) is 5.99. The molecule has 0 saturated heterocycles. The number of fused-ring (bicyclic) bond motifs is 3. The summed E-state index contributed by atoms with van der Waals surface area (Å²) in [6.45, 7) is -0.151. The highest BCUT2D eigenvalue weighted by Crippen LogP contribution is 2.35. The van der Waals surface area contributed by atoms with Crippen molar-refractivity contribution in [3.8, 4) is 0 Å². The van der Waals surface area contributed by atoms with E-state index in [-0.39, 0.29) is 27.9 Å². The molecule has 4 rings (SSSR count). The molecule has 29 heavy (non-hydrogen) atoms. The fourth-order valence-corrected chi connectivity index (χ4v) is 3.46. The molecule has 0 aliphatic rings. The van der Waals surface area contributed by atoms with Crippen molar-refractivity contribution in [3.63, 3.8) is 0 Å². The lowest BCUT2D eigenvalue weighted by molar-refractivity contribution is -0.385. The lowest BCUT2D eigenvalue weighted by atomic mass is 10.0. The molecule has 0 aliphatic carbocycles. The van der Waals surface area contributed by atoms with Gasteiger partial charge >= 0.3 is 0 Å². The number of carbonyl (C=O) groups excluding carboxylic acids is 1. The number of pyridine rings is 1. The number of aromatic nitrogens is 1. The minimum atomic E-state index is -0.796. The van der Waals surface area contributed by atoms with Gasteiger partial charge in [0.15, 0.2) is 0 Å². The highest BCUT2D eigenvalue weighted by Gasteiger charge is 2.27. The number of furan rings is 1. The van der Waals surface area contributed by atoms with Crippen LogP contribution in [0, 0.1) is 10.1 Å². The van der Waals surface area contributed by atoms with Crippen LogP contribution in [0.4, 0.5) is 5.69 Å². The number of amides is 1. The number of hydroxylamine groups is 1. The Morgan fingerprint density at radius 1 is 1.14 bits per heavy atom. The monoisotopic (exact) mass is 431 g/mol. The summed E-state index contributed by atoms with van der Waals surface area (Å²) in [6.07, 6.45) is 2.77. The Balaban J connectivity index is 1.71. The average molecular weight is 432 g/mol. The SMILES string of the molecule is O=C(NOCc1c(Cl)cncc1Cl)c1c([N+](=O)[O-])ccc2oc3ccccc3c12. The molecule has 1 amide bonds. The zero-order chi connectivity index (χ0) is 20.5. The van der Waals surface area contributed by atoms with Crippen LogP contribution in [-0.4, -0.2) is 15.8 Å². The Hall–Kier alpha value is -3.20. The van der Waals surface area contributed by atoms with Crippen molar-refractivity contribution in [1.82, 2.24) is 10.5 Å². The molecule has 0 fully saturated rings. The van der Waals surface area contributed by atoms with E-state index in [0.29, 0.717) is 27.5 Å². The van der Waals surface area contributed by atoms with E-state index in [1.54, 1.807) is 24.3 Å². The Morgan fingerprint density at radius 2 is 1.86 bits per heavy atom. The first-order valence-electron chi connectivity index (χ1n) is 8.26. The fraction of sp³-hybridized carbons (Fsp3) is 0.0526. The molecule has 146 valence electrons. The summed E-state index contributed by atoms with van der Waals surface area (Å²) in [6, 6.07) is 9.63. The van der Waals surface area contributed by atoms with Gasteiger partial charge in [0, 0.05) is 34.8 Å². The van der Waals surface area contributed by atoms with E-state index in [0.717, 1.165) is 0 Å². The number of benzene rings is 2. The molecule has 0 atom stereocenters. The summed E-state index contributed by atoms with van der Waals surface area (Å²) < 4.78 is 5.70. The number of nitro benzene ring substituents is 1. The van der Waals surface area contributed by atoms with Crippen molar-refractivity contribution < 1.29 is 19.0 Å². The van der Waals surface area contributed by atoms with Gasteiger partial charge in [0.2, 0.25) is 0 Å². The van der Waals surface area contributed by atoms with Crippen molar-refractivity contribution in [1.29, 1.82) is 0 Å². The number of nitro groups is 1. The Labute approximate surface area is 173 Å². The number of nitrogens with zero attached hydrogens (tertiary/aromatic N) is 2. The van der Waals surface area contributed by atoms with Gasteiger partial charge in [-0.05, 0) is 12.1 Å². The first-order valence-corrected chi connectivity index (χ1v) is 9.01. The zero-order valence-corrected chi connectivity index (χ0v) is 16.0. The van der Waals surface area contributed by atoms with E-state index in [4.69, 9.17) is 32.5 Å². The van der Waals surface area contributed by atoms with Crippen LogP contribution in [0.15, 0.2) is 53.2 Å². The molecule has 0 bridgehead atoms. The molecule has 0 unspecified atom stereocenters. The predicted molar refractivity (Wildman–Crippen MR) is 107 cm³/mol. The third kappa shape index (κ3) is 3.49. The summed E-state index contributed by atoms with van der Waals surface area (Å²) >= 11 is 12.0. The van der Waals surface area contributed by atoms with Gasteiger partial charge in [0.05, 0.1) is 15.0 Å². The summed E-state index contributed by atoms with van der Waals surface area (Å²) in [5, 5.41) is 13.0. The van der Waals surface area contributed by atoms with Gasteiger partial charge in [0.1, 0.15) is 23.3 Å². The van der Waals surface area contributed by atoms with E-state index in [1.807, 2.05) is 0 Å². The van der Waals surface area contributed by atoms with Gasteiger partial charge in [-0.3, -0.25) is 24.7 Å². The molecule has 1 N–H and O–H groups in total. The van der Waals surface area contributed by atoms with Gasteiger partial charge in [-0.15, -0.1) is 0 Å². The molecule has 4 aromatic rings. The van der Waals surface area contributed by atoms with E-state index in [9.17, 15) is 14.9 Å². The lowest BCUT2D eigenvalue weighted by Gasteiger charge is -2.09. The van der Waals surface area contributed by atoms with Crippen LogP contribution < -0.4 is 5.48 Å². The van der Waals surface area contributed by atoms with Crippen molar-refractivity contribution >= 4 is 56.7 Å². The first kappa shape index (κ1) is 19.1. The third-order valence-electron chi connectivity index (χ3n) is 4.28. The van der Waals surface area contributed by atoms with E-state index in [1.165, 1.54) is 24.5 Å². The molecule has 0 saturated carbocycles. The maximum absolute atomic E-state index is 12.8. The number of hydrogen-bond acceptors (Lipinski definition) is 6.